The summed E-state index contributed by atoms with van der Waals surface area (Å²) in [6.45, 7) is 2.58. The predicted molar refractivity (Wildman–Crippen MR) is 88.7 cm³/mol. The van der Waals surface area contributed by atoms with Crippen molar-refractivity contribution in [1.29, 1.82) is 0 Å². The number of hydrogen-bond acceptors (Lipinski definition) is 4. The Hall–Kier alpha value is -1.36. The van der Waals surface area contributed by atoms with E-state index in [2.05, 4.69) is 12.2 Å². The number of thioether (sulfide) groups is 1. The van der Waals surface area contributed by atoms with Crippen molar-refractivity contribution < 1.29 is 9.53 Å². The topological polar surface area (TPSA) is 64.3 Å². The fourth-order valence-electron chi connectivity index (χ4n) is 2.58. The summed E-state index contributed by atoms with van der Waals surface area (Å²) in [6.07, 6.45) is 3.81. The van der Waals surface area contributed by atoms with Crippen LogP contribution in [0.2, 0.25) is 0 Å². The van der Waals surface area contributed by atoms with E-state index < -0.39 is 0 Å². The lowest BCUT2D eigenvalue weighted by molar-refractivity contribution is -0.122. The SMILES string of the molecule is CCSC1CCC(NC(=O)CCOc2ccc(N)cc2)C1. The van der Waals surface area contributed by atoms with Crippen LogP contribution in [0.5, 0.6) is 5.75 Å². The summed E-state index contributed by atoms with van der Waals surface area (Å²) in [4.78, 5) is 11.9. The van der Waals surface area contributed by atoms with Crippen LogP contribution in [0.4, 0.5) is 5.69 Å². The normalized spacial score (nSPS) is 21.2. The maximum Gasteiger partial charge on any atom is 0.223 e. The van der Waals surface area contributed by atoms with E-state index in [1.54, 1.807) is 12.1 Å². The Morgan fingerprint density at radius 1 is 1.38 bits per heavy atom. The van der Waals surface area contributed by atoms with E-state index in [9.17, 15) is 4.79 Å². The standard InChI is InChI=1S/C16H24N2O2S/c1-2-21-15-8-5-13(11-15)18-16(19)9-10-20-14-6-3-12(17)4-7-14/h3-4,6-7,13,15H,2,5,8-11,17H2,1H3,(H,18,19). The fourth-order valence-corrected chi connectivity index (χ4v) is 3.73. The Balaban J connectivity index is 1.63. The smallest absolute Gasteiger partial charge is 0.223 e. The van der Waals surface area contributed by atoms with E-state index in [1.807, 2.05) is 23.9 Å². The quantitative estimate of drug-likeness (QED) is 0.760. The molecule has 0 aromatic heterocycles. The van der Waals surface area contributed by atoms with Gasteiger partial charge in [-0.1, -0.05) is 6.92 Å². The molecule has 1 amide bonds. The second-order valence-corrected chi connectivity index (χ2v) is 6.90. The Bertz CT molecular complexity index is 450. The third-order valence-corrected chi connectivity index (χ3v) is 4.86. The Morgan fingerprint density at radius 2 is 2.14 bits per heavy atom. The van der Waals surface area contributed by atoms with Gasteiger partial charge >= 0.3 is 0 Å². The molecule has 2 rings (SSSR count). The third kappa shape index (κ3) is 5.50. The highest BCUT2D eigenvalue weighted by molar-refractivity contribution is 7.99. The van der Waals surface area contributed by atoms with Crippen molar-refractivity contribution in [1.82, 2.24) is 5.32 Å². The van der Waals surface area contributed by atoms with Crippen LogP contribution >= 0.6 is 11.8 Å². The molecular formula is C16H24N2O2S. The van der Waals surface area contributed by atoms with Crippen molar-refractivity contribution in [3.05, 3.63) is 24.3 Å². The Kier molecular flexibility index (Phi) is 6.23. The third-order valence-electron chi connectivity index (χ3n) is 3.63. The van der Waals surface area contributed by atoms with Crippen LogP contribution in [0.25, 0.3) is 0 Å². The van der Waals surface area contributed by atoms with Gasteiger partial charge in [0.2, 0.25) is 5.91 Å². The summed E-state index contributed by atoms with van der Waals surface area (Å²) in [5.74, 6) is 1.98. The molecule has 1 aliphatic rings. The lowest BCUT2D eigenvalue weighted by Gasteiger charge is -2.13. The van der Waals surface area contributed by atoms with Crippen molar-refractivity contribution in [2.75, 3.05) is 18.1 Å². The van der Waals surface area contributed by atoms with Crippen molar-refractivity contribution in [2.45, 2.75) is 43.9 Å². The summed E-state index contributed by atoms with van der Waals surface area (Å²) >= 11 is 2.00. The van der Waals surface area contributed by atoms with Crippen LogP contribution in [-0.4, -0.2) is 29.6 Å². The minimum atomic E-state index is 0.0811. The Labute approximate surface area is 130 Å². The van der Waals surface area contributed by atoms with Gasteiger partial charge in [-0.15, -0.1) is 0 Å². The maximum atomic E-state index is 11.9. The fraction of sp³-hybridized carbons (Fsp3) is 0.562. The molecule has 3 N–H and O–H groups in total. The van der Waals surface area contributed by atoms with Gasteiger partial charge in [0, 0.05) is 17.0 Å². The van der Waals surface area contributed by atoms with Crippen LogP contribution < -0.4 is 15.8 Å². The van der Waals surface area contributed by atoms with Crippen LogP contribution in [-0.2, 0) is 4.79 Å². The molecule has 4 nitrogen and oxygen atoms in total. The number of hydrogen-bond donors (Lipinski definition) is 2. The lowest BCUT2D eigenvalue weighted by atomic mass is 10.2. The zero-order valence-electron chi connectivity index (χ0n) is 12.5. The monoisotopic (exact) mass is 308 g/mol. The first kappa shape index (κ1) is 16.0. The largest absolute Gasteiger partial charge is 0.493 e. The van der Waals surface area contributed by atoms with Crippen LogP contribution in [0, 0.1) is 0 Å². The molecule has 0 spiro atoms. The molecule has 1 aromatic rings. The molecule has 1 aliphatic carbocycles. The van der Waals surface area contributed by atoms with Crippen molar-refractivity contribution in [2.24, 2.45) is 0 Å². The number of amides is 1. The number of nitrogens with two attached hydrogens (primary N) is 1. The molecule has 0 radical (unpaired) electrons. The molecule has 1 saturated carbocycles. The number of carbonyl (C=O) groups is 1. The molecule has 21 heavy (non-hydrogen) atoms. The number of nitrogen functional groups attached to an aromatic ring is 1. The van der Waals surface area contributed by atoms with Gasteiger partial charge in [0.1, 0.15) is 5.75 Å². The van der Waals surface area contributed by atoms with Gasteiger partial charge in [-0.05, 0) is 49.3 Å². The highest BCUT2D eigenvalue weighted by Crippen LogP contribution is 2.29. The summed E-state index contributed by atoms with van der Waals surface area (Å²) in [6, 6.07) is 7.56. The number of nitrogens with one attached hydrogen (secondary N) is 1. The van der Waals surface area contributed by atoms with Gasteiger partial charge in [0.25, 0.3) is 0 Å². The zero-order chi connectivity index (χ0) is 15.1. The molecule has 0 aliphatic heterocycles. The van der Waals surface area contributed by atoms with E-state index in [0.717, 1.165) is 24.3 Å². The summed E-state index contributed by atoms with van der Waals surface area (Å²) in [5.41, 5.74) is 6.32. The average Bonchev–Trinajstić information content (AvgIpc) is 2.89. The first-order valence-corrected chi connectivity index (χ1v) is 8.61. The van der Waals surface area contributed by atoms with Crippen molar-refractivity contribution >= 4 is 23.4 Å². The minimum Gasteiger partial charge on any atom is -0.493 e. The first-order valence-electron chi connectivity index (χ1n) is 7.56. The second-order valence-electron chi connectivity index (χ2n) is 5.32. The first-order chi connectivity index (χ1) is 10.2. The number of benzene rings is 1. The maximum absolute atomic E-state index is 11.9. The number of rotatable bonds is 7. The van der Waals surface area contributed by atoms with E-state index >= 15 is 0 Å². The molecule has 116 valence electrons. The molecule has 2 unspecified atom stereocenters. The van der Waals surface area contributed by atoms with Crippen molar-refractivity contribution in [3.63, 3.8) is 0 Å². The molecule has 5 heteroatoms. The van der Waals surface area contributed by atoms with Crippen molar-refractivity contribution in [3.8, 4) is 5.75 Å². The summed E-state index contributed by atoms with van der Waals surface area (Å²) < 4.78 is 5.54. The van der Waals surface area contributed by atoms with E-state index in [4.69, 9.17) is 10.5 Å². The number of ether oxygens (including phenoxy) is 1. The molecule has 1 fully saturated rings. The molecule has 2 atom stereocenters. The molecule has 0 heterocycles. The van der Waals surface area contributed by atoms with E-state index in [1.165, 1.54) is 6.42 Å². The van der Waals surface area contributed by atoms with E-state index in [0.29, 0.717) is 30.0 Å². The zero-order valence-corrected chi connectivity index (χ0v) is 13.3. The highest BCUT2D eigenvalue weighted by Gasteiger charge is 2.25. The second kappa shape index (κ2) is 8.17. The lowest BCUT2D eigenvalue weighted by Crippen LogP contribution is -2.33. The van der Waals surface area contributed by atoms with Gasteiger partial charge in [-0.25, -0.2) is 0 Å². The summed E-state index contributed by atoms with van der Waals surface area (Å²) in [5, 5.41) is 3.82. The molecular weight excluding hydrogens is 284 g/mol. The van der Waals surface area contributed by atoms with Gasteiger partial charge in [0.15, 0.2) is 0 Å². The van der Waals surface area contributed by atoms with Gasteiger partial charge < -0.3 is 15.8 Å². The van der Waals surface area contributed by atoms with Gasteiger partial charge in [-0.2, -0.15) is 11.8 Å². The highest BCUT2D eigenvalue weighted by atomic mass is 32.2. The van der Waals surface area contributed by atoms with Crippen LogP contribution in [0.1, 0.15) is 32.6 Å². The van der Waals surface area contributed by atoms with Crippen LogP contribution in [0.3, 0.4) is 0 Å². The minimum absolute atomic E-state index is 0.0811. The number of anilines is 1. The van der Waals surface area contributed by atoms with Gasteiger partial charge in [0.05, 0.1) is 13.0 Å². The van der Waals surface area contributed by atoms with Crippen LogP contribution in [0.15, 0.2) is 24.3 Å². The predicted octanol–water partition coefficient (Wildman–Crippen LogP) is 2.83. The summed E-state index contributed by atoms with van der Waals surface area (Å²) in [7, 11) is 0. The van der Waals surface area contributed by atoms with Gasteiger partial charge in [-0.3, -0.25) is 4.79 Å². The Morgan fingerprint density at radius 3 is 2.86 bits per heavy atom. The average molecular weight is 308 g/mol. The van der Waals surface area contributed by atoms with E-state index in [-0.39, 0.29) is 5.91 Å². The molecule has 0 saturated heterocycles. The molecule has 0 bridgehead atoms. The number of carbonyl (C=O) groups excluding carboxylic acids is 1. The molecule has 1 aromatic carbocycles.